The van der Waals surface area contributed by atoms with Gasteiger partial charge in [0.2, 0.25) is 5.88 Å². The van der Waals surface area contributed by atoms with Gasteiger partial charge >= 0.3 is 5.91 Å². The number of nitrogens with one attached hydrogen (secondary N) is 1. The van der Waals surface area contributed by atoms with Crippen LogP contribution in [-0.2, 0) is 6.67 Å². The monoisotopic (exact) mass is 499 g/mol. The number of fused-ring (bicyclic) bond motifs is 3. The molecule has 7 nitrogen and oxygen atoms in total. The molecule has 1 aromatic carbocycles. The predicted octanol–water partition coefficient (Wildman–Crippen LogP) is 5.07. The fourth-order valence-electron chi connectivity index (χ4n) is 6.24. The molecule has 32 heavy (non-hydrogen) atoms. The molecular weight excluding hydrogens is 472 g/mol. The minimum Gasteiger partial charge on any atom is -0.493 e. The average molecular weight is 500 g/mol. The number of quaternary nitrogens is 1. The highest BCUT2D eigenvalue weighted by molar-refractivity contribution is 9.10. The summed E-state index contributed by atoms with van der Waals surface area (Å²) in [4.78, 5) is 13.7. The Balaban J connectivity index is 1.50. The molecule has 1 aliphatic carbocycles. The summed E-state index contributed by atoms with van der Waals surface area (Å²) >= 11 is 3.51. The van der Waals surface area contributed by atoms with Gasteiger partial charge in [0.05, 0.1) is 24.4 Å². The van der Waals surface area contributed by atoms with Gasteiger partial charge in [0.15, 0.2) is 18.1 Å². The molecule has 2 aliphatic rings. The third-order valence-electron chi connectivity index (χ3n) is 6.98. The molecule has 3 atom stereocenters. The maximum Gasteiger partial charge on any atom is 0.331 e. The topological polar surface area (TPSA) is 84.5 Å². The first-order chi connectivity index (χ1) is 15.1. The Kier molecular flexibility index (Phi) is 5.05. The molecule has 3 heterocycles. The zero-order chi connectivity index (χ0) is 22.7. The summed E-state index contributed by atoms with van der Waals surface area (Å²) in [5, 5.41) is 19.9. The average Bonchev–Trinajstić information content (AvgIpc) is 3.37. The van der Waals surface area contributed by atoms with E-state index in [1.54, 1.807) is 6.07 Å². The second kappa shape index (κ2) is 7.56. The number of nitrogens with zero attached hydrogens (tertiary/aromatic N) is 3. The molecule has 1 saturated heterocycles. The van der Waals surface area contributed by atoms with Gasteiger partial charge in [0.1, 0.15) is 0 Å². The second-order valence-electron chi connectivity index (χ2n) is 10.5. The van der Waals surface area contributed by atoms with Crippen LogP contribution in [0, 0.1) is 10.8 Å². The van der Waals surface area contributed by atoms with Gasteiger partial charge in [-0.05, 0) is 42.2 Å². The lowest BCUT2D eigenvalue weighted by molar-refractivity contribution is -0.936. The van der Waals surface area contributed by atoms with Gasteiger partial charge in [0, 0.05) is 28.1 Å². The van der Waals surface area contributed by atoms with Gasteiger partial charge in [0.25, 0.3) is 0 Å². The highest BCUT2D eigenvalue weighted by Gasteiger charge is 2.52. The molecule has 0 radical (unpaired) electrons. The predicted molar refractivity (Wildman–Crippen MR) is 124 cm³/mol. The quantitative estimate of drug-likeness (QED) is 0.491. The van der Waals surface area contributed by atoms with Crippen LogP contribution in [0.1, 0.15) is 50.6 Å². The number of halogens is 1. The first kappa shape index (κ1) is 21.4. The Morgan fingerprint density at radius 1 is 1.31 bits per heavy atom. The van der Waals surface area contributed by atoms with Crippen LogP contribution >= 0.6 is 15.9 Å². The highest BCUT2D eigenvalue weighted by Crippen LogP contribution is 2.47. The number of carbonyl (C=O) groups is 1. The van der Waals surface area contributed by atoms with Crippen molar-refractivity contribution in [2.24, 2.45) is 21.1 Å². The molecule has 2 fully saturated rings. The molecule has 1 amide bonds. The molecule has 168 valence electrons. The van der Waals surface area contributed by atoms with Crippen molar-refractivity contribution in [1.29, 1.82) is 0 Å². The SMILES string of the molecule is CC1(C)C[C@H]2C[C@](C)(C[NH+]2Cn2c(O)c(N=NC(=O)c3ccco3)c3cc(Br)ccc32)C1. The molecule has 2 N–H and O–H groups in total. The minimum atomic E-state index is -0.584. The number of aromatic nitrogens is 1. The molecule has 2 aromatic heterocycles. The third-order valence-corrected chi connectivity index (χ3v) is 7.47. The van der Waals surface area contributed by atoms with Crippen molar-refractivity contribution in [1.82, 2.24) is 4.57 Å². The van der Waals surface area contributed by atoms with Crippen LogP contribution in [0.3, 0.4) is 0 Å². The smallest absolute Gasteiger partial charge is 0.331 e. The van der Waals surface area contributed by atoms with Crippen molar-refractivity contribution in [3.8, 4) is 5.88 Å². The Hall–Kier alpha value is -2.45. The Labute approximate surface area is 195 Å². The molecule has 0 spiro atoms. The summed E-state index contributed by atoms with van der Waals surface area (Å²) in [5.74, 6) is -0.435. The minimum absolute atomic E-state index is 0.0347. The van der Waals surface area contributed by atoms with E-state index in [4.69, 9.17) is 4.42 Å². The number of hydrogen-bond acceptors (Lipinski definition) is 4. The van der Waals surface area contributed by atoms with Gasteiger partial charge in [-0.1, -0.05) is 36.7 Å². The van der Waals surface area contributed by atoms with E-state index < -0.39 is 5.91 Å². The van der Waals surface area contributed by atoms with Crippen LogP contribution in [0.25, 0.3) is 10.9 Å². The van der Waals surface area contributed by atoms with Crippen molar-refractivity contribution < 1.29 is 19.2 Å². The van der Waals surface area contributed by atoms with E-state index in [0.29, 0.717) is 29.2 Å². The van der Waals surface area contributed by atoms with Crippen LogP contribution in [0.5, 0.6) is 5.88 Å². The summed E-state index contributed by atoms with van der Waals surface area (Å²) in [6, 6.07) is 9.56. The maximum absolute atomic E-state index is 12.2. The fourth-order valence-corrected chi connectivity index (χ4v) is 6.60. The molecular formula is C24H28BrN4O3+. The lowest BCUT2D eigenvalue weighted by Gasteiger charge is -2.37. The zero-order valence-electron chi connectivity index (χ0n) is 18.6. The van der Waals surface area contributed by atoms with Gasteiger partial charge in [-0.3, -0.25) is 9.36 Å². The van der Waals surface area contributed by atoms with E-state index in [2.05, 4.69) is 46.9 Å². The summed E-state index contributed by atoms with van der Waals surface area (Å²) in [7, 11) is 0. The Bertz CT molecular complexity index is 1210. The molecule has 1 saturated carbocycles. The number of hydrogen-bond donors (Lipinski definition) is 2. The number of rotatable bonds is 4. The number of aromatic hydroxyl groups is 1. The van der Waals surface area contributed by atoms with Crippen molar-refractivity contribution in [2.75, 3.05) is 6.54 Å². The number of benzene rings is 1. The van der Waals surface area contributed by atoms with Crippen LogP contribution in [0.4, 0.5) is 5.69 Å². The Morgan fingerprint density at radius 3 is 2.88 bits per heavy atom. The van der Waals surface area contributed by atoms with E-state index in [1.165, 1.54) is 36.5 Å². The van der Waals surface area contributed by atoms with Crippen molar-refractivity contribution >= 4 is 38.4 Å². The van der Waals surface area contributed by atoms with Crippen LogP contribution in [0.15, 0.2) is 55.7 Å². The van der Waals surface area contributed by atoms with Gasteiger partial charge in [-0.2, -0.15) is 0 Å². The number of amides is 1. The number of furan rings is 1. The van der Waals surface area contributed by atoms with Crippen LogP contribution < -0.4 is 4.90 Å². The summed E-state index contributed by atoms with van der Waals surface area (Å²) in [6.45, 7) is 8.88. The van der Waals surface area contributed by atoms with E-state index in [-0.39, 0.29) is 11.6 Å². The Morgan fingerprint density at radius 2 is 2.12 bits per heavy atom. The molecule has 1 aliphatic heterocycles. The first-order valence-corrected chi connectivity index (χ1v) is 11.8. The van der Waals surface area contributed by atoms with Crippen molar-refractivity contribution in [3.05, 3.63) is 46.8 Å². The van der Waals surface area contributed by atoms with E-state index in [9.17, 15) is 9.90 Å². The van der Waals surface area contributed by atoms with Crippen molar-refractivity contribution in [3.63, 3.8) is 0 Å². The lowest BCUT2D eigenvalue weighted by atomic mass is 9.65. The standard InChI is InChI=1S/C24H27BrN4O3/c1-23(2)10-16-11-24(3,12-23)13-28(16)14-29-18-7-6-15(25)9-17(18)20(22(29)31)26-27-21(30)19-5-4-8-32-19/h4-9,16,31H,10-14H2,1-3H3/p+1/t16-,24-/m0/s1. The van der Waals surface area contributed by atoms with Crippen molar-refractivity contribution in [2.45, 2.75) is 52.7 Å². The molecule has 1 unspecified atom stereocenters. The number of carbonyl (C=O) groups excluding carboxylic acids is 1. The summed E-state index contributed by atoms with van der Waals surface area (Å²) in [5.41, 5.74) is 1.86. The number of likely N-dealkylation sites (tertiary alicyclic amines) is 1. The normalized spacial score (nSPS) is 26.9. The summed E-state index contributed by atoms with van der Waals surface area (Å²) in [6.07, 6.45) is 5.06. The highest BCUT2D eigenvalue weighted by atomic mass is 79.9. The summed E-state index contributed by atoms with van der Waals surface area (Å²) < 4.78 is 7.89. The largest absolute Gasteiger partial charge is 0.493 e. The molecule has 3 aromatic rings. The molecule has 5 rings (SSSR count). The van der Waals surface area contributed by atoms with E-state index in [1.807, 2.05) is 22.8 Å². The van der Waals surface area contributed by atoms with Crippen LogP contribution in [-0.4, -0.2) is 28.2 Å². The fraction of sp³-hybridized carbons (Fsp3) is 0.458. The first-order valence-electron chi connectivity index (χ1n) is 11.0. The molecule has 2 bridgehead atoms. The third kappa shape index (κ3) is 3.79. The lowest BCUT2D eigenvalue weighted by Crippen LogP contribution is -3.13. The van der Waals surface area contributed by atoms with Gasteiger partial charge in [-0.25, -0.2) is 0 Å². The van der Waals surface area contributed by atoms with Gasteiger partial charge < -0.3 is 14.4 Å². The van der Waals surface area contributed by atoms with E-state index in [0.717, 1.165) is 21.9 Å². The zero-order valence-corrected chi connectivity index (χ0v) is 20.1. The number of azo groups is 1. The van der Waals surface area contributed by atoms with Crippen LogP contribution in [0.2, 0.25) is 0 Å². The van der Waals surface area contributed by atoms with E-state index >= 15 is 0 Å². The second-order valence-corrected chi connectivity index (χ2v) is 11.4. The maximum atomic E-state index is 12.2. The molecule has 8 heteroatoms. The van der Waals surface area contributed by atoms with Gasteiger partial charge in [-0.15, -0.1) is 10.2 Å².